The lowest BCUT2D eigenvalue weighted by Gasteiger charge is -2.38. The van der Waals surface area contributed by atoms with Crippen LogP contribution in [0.2, 0.25) is 0 Å². The minimum absolute atomic E-state index is 0.330. The molecule has 1 aromatic heterocycles. The zero-order chi connectivity index (χ0) is 20.6. The number of aryl methyl sites for hydroxylation is 1. The average Bonchev–Trinajstić information content (AvgIpc) is 3.18. The SMILES string of the molecule is C=C(C)CN=C(NCCn1cnnc1CC)N1CCN(c2ccccc2O)CC1. The molecule has 2 N–H and O–H groups in total. The van der Waals surface area contributed by atoms with Crippen molar-refractivity contribution in [3.63, 3.8) is 0 Å². The number of guanidine groups is 1. The molecule has 3 rings (SSSR count). The van der Waals surface area contributed by atoms with Gasteiger partial charge < -0.3 is 24.8 Å². The van der Waals surface area contributed by atoms with Crippen molar-refractivity contribution < 1.29 is 5.11 Å². The first-order chi connectivity index (χ1) is 14.1. The van der Waals surface area contributed by atoms with Gasteiger partial charge in [0.15, 0.2) is 5.96 Å². The van der Waals surface area contributed by atoms with Crippen molar-refractivity contribution in [3.05, 3.63) is 48.6 Å². The van der Waals surface area contributed by atoms with Crippen molar-refractivity contribution >= 4 is 11.6 Å². The van der Waals surface area contributed by atoms with Crippen LogP contribution >= 0.6 is 0 Å². The maximum atomic E-state index is 10.1. The molecule has 1 aliphatic heterocycles. The Morgan fingerprint density at radius 1 is 1.24 bits per heavy atom. The van der Waals surface area contributed by atoms with E-state index >= 15 is 0 Å². The lowest BCUT2D eigenvalue weighted by molar-refractivity contribution is 0.368. The molecule has 0 radical (unpaired) electrons. The first-order valence-corrected chi connectivity index (χ1v) is 10.2. The molecule has 0 atom stereocenters. The molecule has 2 aromatic rings. The smallest absolute Gasteiger partial charge is 0.194 e. The number of aromatic nitrogens is 3. The van der Waals surface area contributed by atoms with Gasteiger partial charge in [-0.15, -0.1) is 10.2 Å². The molecule has 29 heavy (non-hydrogen) atoms. The Morgan fingerprint density at radius 3 is 2.69 bits per heavy atom. The Labute approximate surface area is 172 Å². The summed E-state index contributed by atoms with van der Waals surface area (Å²) < 4.78 is 2.07. The number of piperazine rings is 1. The van der Waals surface area contributed by atoms with Crippen LogP contribution in [-0.4, -0.2) is 70.0 Å². The molecule has 0 unspecified atom stereocenters. The van der Waals surface area contributed by atoms with E-state index in [1.165, 1.54) is 0 Å². The van der Waals surface area contributed by atoms with Gasteiger partial charge in [0.1, 0.15) is 17.9 Å². The zero-order valence-electron chi connectivity index (χ0n) is 17.4. The van der Waals surface area contributed by atoms with E-state index in [1.807, 2.05) is 25.1 Å². The number of phenolic OH excluding ortho intramolecular Hbond substituents is 1. The van der Waals surface area contributed by atoms with Crippen LogP contribution in [0.1, 0.15) is 19.7 Å². The van der Waals surface area contributed by atoms with E-state index in [1.54, 1.807) is 12.4 Å². The maximum absolute atomic E-state index is 10.1. The molecule has 1 saturated heterocycles. The predicted molar refractivity (Wildman–Crippen MR) is 116 cm³/mol. The second kappa shape index (κ2) is 9.95. The fraction of sp³-hybridized carbons (Fsp3) is 0.476. The third-order valence-electron chi connectivity index (χ3n) is 4.95. The minimum Gasteiger partial charge on any atom is -0.506 e. The highest BCUT2D eigenvalue weighted by molar-refractivity contribution is 5.80. The van der Waals surface area contributed by atoms with E-state index in [0.717, 1.165) is 68.7 Å². The Kier molecular flexibility index (Phi) is 7.10. The normalized spacial score (nSPS) is 14.9. The van der Waals surface area contributed by atoms with Crippen LogP contribution in [0, 0.1) is 0 Å². The molecular formula is C21H31N7O. The van der Waals surface area contributed by atoms with Crippen molar-refractivity contribution in [3.8, 4) is 5.75 Å². The summed E-state index contributed by atoms with van der Waals surface area (Å²) in [6, 6.07) is 7.50. The summed E-state index contributed by atoms with van der Waals surface area (Å²) in [5, 5.41) is 21.7. The fourth-order valence-corrected chi connectivity index (χ4v) is 3.40. The standard InChI is InChI=1S/C21H31N7O/c1-4-20-25-24-16-28(20)10-9-22-21(23-15-17(2)3)27-13-11-26(12-14-27)18-7-5-6-8-19(18)29/h5-8,16,29H,2,4,9-15H2,1,3H3,(H,22,23). The Balaban J connectivity index is 1.59. The summed E-state index contributed by atoms with van der Waals surface area (Å²) in [6.07, 6.45) is 2.64. The topological polar surface area (TPSA) is 81.8 Å². The average molecular weight is 398 g/mol. The first-order valence-electron chi connectivity index (χ1n) is 10.2. The number of hydrogen-bond acceptors (Lipinski definition) is 5. The van der Waals surface area contributed by atoms with Crippen LogP contribution in [0.25, 0.3) is 0 Å². The van der Waals surface area contributed by atoms with Gasteiger partial charge >= 0.3 is 0 Å². The summed E-state index contributed by atoms with van der Waals surface area (Å²) in [5.41, 5.74) is 1.92. The third-order valence-corrected chi connectivity index (χ3v) is 4.95. The predicted octanol–water partition coefficient (Wildman–Crippen LogP) is 1.89. The largest absolute Gasteiger partial charge is 0.506 e. The van der Waals surface area contributed by atoms with Crippen LogP contribution < -0.4 is 10.2 Å². The number of aromatic hydroxyl groups is 1. The van der Waals surface area contributed by atoms with Crippen LogP contribution in [0.4, 0.5) is 5.69 Å². The molecule has 1 aliphatic rings. The van der Waals surface area contributed by atoms with Crippen LogP contribution in [-0.2, 0) is 13.0 Å². The second-order valence-corrected chi connectivity index (χ2v) is 7.28. The second-order valence-electron chi connectivity index (χ2n) is 7.28. The van der Waals surface area contributed by atoms with Gasteiger partial charge in [0.25, 0.3) is 0 Å². The van der Waals surface area contributed by atoms with Crippen LogP contribution in [0.3, 0.4) is 0 Å². The van der Waals surface area contributed by atoms with E-state index < -0.39 is 0 Å². The maximum Gasteiger partial charge on any atom is 0.194 e. The number of aliphatic imine (C=N–C) groups is 1. The lowest BCUT2D eigenvalue weighted by atomic mass is 10.2. The Morgan fingerprint density at radius 2 is 2.00 bits per heavy atom. The number of para-hydroxylation sites is 2. The third kappa shape index (κ3) is 5.49. The van der Waals surface area contributed by atoms with Crippen LogP contribution in [0.5, 0.6) is 5.75 Å². The van der Waals surface area contributed by atoms with E-state index in [0.29, 0.717) is 12.3 Å². The van der Waals surface area contributed by atoms with Gasteiger partial charge in [0, 0.05) is 45.7 Å². The summed E-state index contributed by atoms with van der Waals surface area (Å²) >= 11 is 0. The first kappa shape index (κ1) is 20.7. The van der Waals surface area contributed by atoms with E-state index in [4.69, 9.17) is 4.99 Å². The summed E-state index contributed by atoms with van der Waals surface area (Å²) in [7, 11) is 0. The summed E-state index contributed by atoms with van der Waals surface area (Å²) in [5.74, 6) is 2.22. The summed E-state index contributed by atoms with van der Waals surface area (Å²) in [6.45, 7) is 13.5. The van der Waals surface area contributed by atoms with Gasteiger partial charge in [-0.25, -0.2) is 4.99 Å². The van der Waals surface area contributed by atoms with Crippen molar-refractivity contribution in [2.45, 2.75) is 26.8 Å². The zero-order valence-corrected chi connectivity index (χ0v) is 17.4. The molecule has 0 spiro atoms. The number of anilines is 1. The molecule has 2 heterocycles. The molecule has 156 valence electrons. The minimum atomic E-state index is 0.330. The van der Waals surface area contributed by atoms with Gasteiger partial charge in [-0.1, -0.05) is 31.2 Å². The van der Waals surface area contributed by atoms with Gasteiger partial charge in [0.2, 0.25) is 0 Å². The van der Waals surface area contributed by atoms with Crippen molar-refractivity contribution in [2.24, 2.45) is 4.99 Å². The molecule has 0 bridgehead atoms. The molecule has 1 aromatic carbocycles. The monoisotopic (exact) mass is 397 g/mol. The number of phenols is 1. The molecule has 0 saturated carbocycles. The molecule has 0 amide bonds. The lowest BCUT2D eigenvalue weighted by Crippen LogP contribution is -2.53. The Bertz CT molecular complexity index is 837. The van der Waals surface area contributed by atoms with Gasteiger partial charge in [0.05, 0.1) is 12.2 Å². The molecule has 1 fully saturated rings. The Hall–Kier alpha value is -3.03. The quantitative estimate of drug-likeness (QED) is 0.422. The number of nitrogens with zero attached hydrogens (tertiary/aromatic N) is 6. The number of nitrogens with one attached hydrogen (secondary N) is 1. The van der Waals surface area contributed by atoms with Gasteiger partial charge in [-0.05, 0) is 19.1 Å². The van der Waals surface area contributed by atoms with Crippen molar-refractivity contribution in [1.82, 2.24) is 25.0 Å². The molecule has 8 nitrogen and oxygen atoms in total. The van der Waals surface area contributed by atoms with Gasteiger partial charge in [-0.3, -0.25) is 0 Å². The van der Waals surface area contributed by atoms with E-state index in [-0.39, 0.29) is 0 Å². The molecule has 8 heteroatoms. The fourth-order valence-electron chi connectivity index (χ4n) is 3.40. The van der Waals surface area contributed by atoms with Crippen LogP contribution in [0.15, 0.2) is 47.7 Å². The number of benzene rings is 1. The number of rotatable bonds is 7. The highest BCUT2D eigenvalue weighted by Gasteiger charge is 2.21. The van der Waals surface area contributed by atoms with Crippen molar-refractivity contribution in [1.29, 1.82) is 0 Å². The molecule has 0 aliphatic carbocycles. The van der Waals surface area contributed by atoms with E-state index in [9.17, 15) is 5.11 Å². The summed E-state index contributed by atoms with van der Waals surface area (Å²) in [4.78, 5) is 9.23. The number of hydrogen-bond donors (Lipinski definition) is 2. The van der Waals surface area contributed by atoms with Gasteiger partial charge in [-0.2, -0.15) is 0 Å². The molecular weight excluding hydrogens is 366 g/mol. The van der Waals surface area contributed by atoms with Crippen molar-refractivity contribution in [2.75, 3.05) is 44.2 Å². The highest BCUT2D eigenvalue weighted by atomic mass is 16.3. The van der Waals surface area contributed by atoms with E-state index in [2.05, 4.69) is 43.4 Å². The highest BCUT2D eigenvalue weighted by Crippen LogP contribution is 2.27.